The molecule has 2 rings (SSSR count). The summed E-state index contributed by atoms with van der Waals surface area (Å²) in [6.45, 7) is 4.06. The second-order valence-electron chi connectivity index (χ2n) is 6.16. The summed E-state index contributed by atoms with van der Waals surface area (Å²) in [5.41, 5.74) is 2.52. The Balaban J connectivity index is 0.000000289. The number of halogens is 1. The van der Waals surface area contributed by atoms with Crippen LogP contribution in [0.5, 0.6) is 5.75 Å². The van der Waals surface area contributed by atoms with Gasteiger partial charge in [0.2, 0.25) is 0 Å². The monoisotopic (exact) mass is 466 g/mol. The maximum absolute atomic E-state index is 10.3. The minimum atomic E-state index is 0.567. The summed E-state index contributed by atoms with van der Waals surface area (Å²) in [4.78, 5) is 12.5. The molecule has 0 radical (unpaired) electrons. The number of nitrogens with zero attached hydrogens (tertiary/aromatic N) is 1. The fourth-order valence-corrected chi connectivity index (χ4v) is 2.51. The molecule has 4 nitrogen and oxygen atoms in total. The van der Waals surface area contributed by atoms with Gasteiger partial charge in [-0.05, 0) is 86.8 Å². The molecular weight excluding hydrogens is 439 g/mol. The standard InChI is InChI=1S/C13H20INO.C8H7NO/c1-11-10-12(6-7-13(11)14)16-9-5-4-8-15(2)3;9-5-7-3-1-2-4-8(7)6-10/h6-7,10H,4-5,8-9H2,1-3H3;1-6,9H. The third-order valence-corrected chi connectivity index (χ3v) is 4.89. The van der Waals surface area contributed by atoms with Crippen molar-refractivity contribution in [2.24, 2.45) is 0 Å². The number of rotatable bonds is 8. The number of aryl methyl sites for hydroxylation is 1. The molecule has 0 saturated heterocycles. The molecule has 0 heterocycles. The summed E-state index contributed by atoms with van der Waals surface area (Å²) in [5.74, 6) is 0.989. The van der Waals surface area contributed by atoms with Crippen LogP contribution in [-0.2, 0) is 0 Å². The molecule has 0 atom stereocenters. The first-order chi connectivity index (χ1) is 12.5. The summed E-state index contributed by atoms with van der Waals surface area (Å²) < 4.78 is 6.99. The zero-order valence-corrected chi connectivity index (χ0v) is 17.8. The Bertz CT molecular complexity index is 675. The van der Waals surface area contributed by atoms with Crippen LogP contribution < -0.4 is 4.74 Å². The first-order valence-electron chi connectivity index (χ1n) is 8.56. The minimum Gasteiger partial charge on any atom is -0.494 e. The lowest BCUT2D eigenvalue weighted by atomic mass is 10.1. The van der Waals surface area contributed by atoms with E-state index in [0.717, 1.165) is 31.6 Å². The summed E-state index contributed by atoms with van der Waals surface area (Å²) in [6, 6.07) is 13.2. The summed E-state index contributed by atoms with van der Waals surface area (Å²) >= 11 is 2.34. The highest BCUT2D eigenvalue weighted by Crippen LogP contribution is 2.18. The topological polar surface area (TPSA) is 53.4 Å². The van der Waals surface area contributed by atoms with Gasteiger partial charge in [-0.1, -0.05) is 24.3 Å². The van der Waals surface area contributed by atoms with E-state index in [1.165, 1.54) is 21.8 Å². The molecule has 0 spiro atoms. The maximum atomic E-state index is 10.3. The fraction of sp³-hybridized carbons (Fsp3) is 0.333. The van der Waals surface area contributed by atoms with Gasteiger partial charge < -0.3 is 15.0 Å². The lowest BCUT2D eigenvalue weighted by molar-refractivity contribution is 0.112. The van der Waals surface area contributed by atoms with Gasteiger partial charge in [-0.15, -0.1) is 0 Å². The zero-order valence-electron chi connectivity index (χ0n) is 15.7. The van der Waals surface area contributed by atoms with Gasteiger partial charge in [0.25, 0.3) is 0 Å². The fourth-order valence-electron chi connectivity index (χ4n) is 2.18. The average Bonchev–Trinajstić information content (AvgIpc) is 2.64. The van der Waals surface area contributed by atoms with Crippen molar-refractivity contribution in [3.8, 4) is 5.75 Å². The lowest BCUT2D eigenvalue weighted by Gasteiger charge is -2.10. The number of carbonyl (C=O) groups excluding carboxylic acids is 1. The number of nitrogens with one attached hydrogen (secondary N) is 1. The lowest BCUT2D eigenvalue weighted by Crippen LogP contribution is -2.13. The van der Waals surface area contributed by atoms with Crippen LogP contribution >= 0.6 is 22.6 Å². The van der Waals surface area contributed by atoms with Crippen LogP contribution in [0.1, 0.15) is 34.3 Å². The molecule has 0 fully saturated rings. The van der Waals surface area contributed by atoms with E-state index in [2.05, 4.69) is 60.6 Å². The van der Waals surface area contributed by atoms with E-state index >= 15 is 0 Å². The van der Waals surface area contributed by atoms with Gasteiger partial charge in [-0.3, -0.25) is 4.79 Å². The largest absolute Gasteiger partial charge is 0.494 e. The molecule has 26 heavy (non-hydrogen) atoms. The molecule has 2 aromatic rings. The summed E-state index contributed by atoms with van der Waals surface area (Å²) in [6.07, 6.45) is 4.23. The van der Waals surface area contributed by atoms with Crippen LogP contribution in [0.3, 0.4) is 0 Å². The van der Waals surface area contributed by atoms with Crippen LogP contribution in [0.2, 0.25) is 0 Å². The molecule has 0 saturated carbocycles. The molecule has 0 aliphatic carbocycles. The highest BCUT2D eigenvalue weighted by Gasteiger charge is 1.98. The van der Waals surface area contributed by atoms with Crippen molar-refractivity contribution in [3.63, 3.8) is 0 Å². The molecule has 0 bridgehead atoms. The minimum absolute atomic E-state index is 0.567. The second-order valence-corrected chi connectivity index (χ2v) is 7.32. The van der Waals surface area contributed by atoms with Gasteiger partial charge in [0.05, 0.1) is 6.61 Å². The molecular formula is C21H27IN2O2. The Hall–Kier alpha value is -1.73. The number of hydrogen-bond acceptors (Lipinski definition) is 4. The molecule has 0 aliphatic rings. The smallest absolute Gasteiger partial charge is 0.150 e. The SMILES string of the molecule is Cc1cc(OCCCCN(C)C)ccc1I.N=Cc1ccccc1C=O. The molecule has 0 aromatic heterocycles. The van der Waals surface area contributed by atoms with Gasteiger partial charge in [0.15, 0.2) is 6.29 Å². The van der Waals surface area contributed by atoms with Crippen molar-refractivity contribution in [1.29, 1.82) is 5.41 Å². The van der Waals surface area contributed by atoms with E-state index < -0.39 is 0 Å². The number of carbonyl (C=O) groups is 1. The van der Waals surface area contributed by atoms with Crippen LogP contribution in [0, 0.1) is 15.9 Å². The van der Waals surface area contributed by atoms with Gasteiger partial charge in [-0.25, -0.2) is 0 Å². The second kappa shape index (κ2) is 12.6. The Morgan fingerprint density at radius 1 is 1.12 bits per heavy atom. The Labute approximate surface area is 170 Å². The maximum Gasteiger partial charge on any atom is 0.150 e. The number of unbranched alkanes of at least 4 members (excludes halogenated alkanes) is 1. The first-order valence-corrected chi connectivity index (χ1v) is 9.64. The van der Waals surface area contributed by atoms with Crippen LogP contribution in [-0.4, -0.2) is 44.6 Å². The van der Waals surface area contributed by atoms with Crippen molar-refractivity contribution >= 4 is 35.1 Å². The number of benzene rings is 2. The van der Waals surface area contributed by atoms with Gasteiger partial charge in [0.1, 0.15) is 5.75 Å². The Morgan fingerprint density at radius 3 is 2.35 bits per heavy atom. The van der Waals surface area contributed by atoms with E-state index in [4.69, 9.17) is 10.1 Å². The van der Waals surface area contributed by atoms with Gasteiger partial charge in [0, 0.05) is 20.9 Å². The van der Waals surface area contributed by atoms with Crippen molar-refractivity contribution in [2.45, 2.75) is 19.8 Å². The van der Waals surface area contributed by atoms with Crippen molar-refractivity contribution in [1.82, 2.24) is 4.90 Å². The Kier molecular flexibility index (Phi) is 10.8. The number of ether oxygens (including phenoxy) is 1. The van der Waals surface area contributed by atoms with E-state index in [1.807, 2.05) is 6.07 Å². The van der Waals surface area contributed by atoms with E-state index in [1.54, 1.807) is 24.3 Å². The molecule has 0 unspecified atom stereocenters. The van der Waals surface area contributed by atoms with Crippen LogP contribution in [0.4, 0.5) is 0 Å². The van der Waals surface area contributed by atoms with Crippen LogP contribution in [0.15, 0.2) is 42.5 Å². The molecule has 0 amide bonds. The van der Waals surface area contributed by atoms with Crippen molar-refractivity contribution < 1.29 is 9.53 Å². The van der Waals surface area contributed by atoms with E-state index in [9.17, 15) is 4.79 Å². The Morgan fingerprint density at radius 2 is 1.81 bits per heavy atom. The normalized spacial score (nSPS) is 10.0. The first kappa shape index (κ1) is 22.3. The highest BCUT2D eigenvalue weighted by molar-refractivity contribution is 14.1. The molecule has 1 N–H and O–H groups in total. The quantitative estimate of drug-likeness (QED) is 0.263. The van der Waals surface area contributed by atoms with Crippen molar-refractivity contribution in [3.05, 3.63) is 62.7 Å². The summed E-state index contributed by atoms with van der Waals surface area (Å²) in [5, 5.41) is 6.90. The van der Waals surface area contributed by atoms with Gasteiger partial charge >= 0.3 is 0 Å². The third-order valence-electron chi connectivity index (χ3n) is 3.68. The van der Waals surface area contributed by atoms with E-state index in [-0.39, 0.29) is 0 Å². The zero-order chi connectivity index (χ0) is 19.4. The van der Waals surface area contributed by atoms with Crippen molar-refractivity contribution in [2.75, 3.05) is 27.2 Å². The van der Waals surface area contributed by atoms with E-state index in [0.29, 0.717) is 11.1 Å². The van der Waals surface area contributed by atoms with Crippen LogP contribution in [0.25, 0.3) is 0 Å². The molecule has 0 aliphatic heterocycles. The van der Waals surface area contributed by atoms with Gasteiger partial charge in [-0.2, -0.15) is 0 Å². The molecule has 140 valence electrons. The number of aldehydes is 1. The predicted molar refractivity (Wildman–Crippen MR) is 117 cm³/mol. The number of hydrogen-bond donors (Lipinski definition) is 1. The third kappa shape index (κ3) is 8.58. The molecule has 5 heteroatoms. The predicted octanol–water partition coefficient (Wildman–Crippen LogP) is 4.82. The average molecular weight is 466 g/mol. The molecule has 2 aromatic carbocycles. The summed E-state index contributed by atoms with van der Waals surface area (Å²) in [7, 11) is 4.20. The highest BCUT2D eigenvalue weighted by atomic mass is 127.